The van der Waals surface area contributed by atoms with Crippen molar-refractivity contribution >= 4 is 24.3 Å². The van der Waals surface area contributed by atoms with E-state index in [0.717, 1.165) is 11.4 Å². The Hall–Kier alpha value is -2.01. The van der Waals surface area contributed by atoms with Gasteiger partial charge in [-0.15, -0.1) is 12.4 Å². The van der Waals surface area contributed by atoms with Crippen LogP contribution in [0.4, 0.5) is 10.6 Å². The predicted molar refractivity (Wildman–Crippen MR) is 82.7 cm³/mol. The highest BCUT2D eigenvalue weighted by Crippen LogP contribution is 2.26. The summed E-state index contributed by atoms with van der Waals surface area (Å²) in [5, 5.41) is 7.15. The van der Waals surface area contributed by atoms with Crippen molar-refractivity contribution in [2.75, 3.05) is 5.32 Å². The van der Waals surface area contributed by atoms with Crippen LogP contribution >= 0.6 is 12.4 Å². The lowest BCUT2D eigenvalue weighted by Gasteiger charge is -2.14. The normalized spacial score (nSPS) is 10.8. The number of para-hydroxylation sites is 1. The van der Waals surface area contributed by atoms with E-state index in [2.05, 4.69) is 31.2 Å². The molecule has 2 amide bonds. The SMILES string of the molecule is CC(C)(C)c1cc(NC(N)=O)n(-c2ccccc2)n1.Cl. The van der Waals surface area contributed by atoms with Gasteiger partial charge in [0.25, 0.3) is 0 Å². The third-order valence-corrected chi connectivity index (χ3v) is 2.73. The molecule has 20 heavy (non-hydrogen) atoms. The molecule has 1 aromatic carbocycles. The van der Waals surface area contributed by atoms with E-state index in [1.165, 1.54) is 0 Å². The van der Waals surface area contributed by atoms with Crippen LogP contribution < -0.4 is 11.1 Å². The molecule has 0 unspecified atom stereocenters. The van der Waals surface area contributed by atoms with Gasteiger partial charge >= 0.3 is 6.03 Å². The fraction of sp³-hybridized carbons (Fsp3) is 0.286. The van der Waals surface area contributed by atoms with Gasteiger partial charge in [0.2, 0.25) is 0 Å². The van der Waals surface area contributed by atoms with Crippen LogP contribution in [0.3, 0.4) is 0 Å². The fourth-order valence-electron chi connectivity index (χ4n) is 1.73. The molecule has 0 aliphatic carbocycles. The molecular formula is C14H19ClN4O. The van der Waals surface area contributed by atoms with Gasteiger partial charge in [-0.25, -0.2) is 9.48 Å². The highest BCUT2D eigenvalue weighted by molar-refractivity contribution is 5.87. The lowest BCUT2D eigenvalue weighted by atomic mass is 9.92. The van der Waals surface area contributed by atoms with E-state index < -0.39 is 6.03 Å². The van der Waals surface area contributed by atoms with Crippen molar-refractivity contribution < 1.29 is 4.79 Å². The first-order valence-electron chi connectivity index (χ1n) is 6.10. The summed E-state index contributed by atoms with van der Waals surface area (Å²) in [7, 11) is 0. The second-order valence-electron chi connectivity index (χ2n) is 5.40. The summed E-state index contributed by atoms with van der Waals surface area (Å²) in [5.41, 5.74) is 6.86. The number of primary amides is 1. The van der Waals surface area contributed by atoms with Gasteiger partial charge in [-0.2, -0.15) is 5.10 Å². The maximum Gasteiger partial charge on any atom is 0.317 e. The topological polar surface area (TPSA) is 72.9 Å². The minimum Gasteiger partial charge on any atom is -0.351 e. The zero-order valence-corrected chi connectivity index (χ0v) is 12.6. The van der Waals surface area contributed by atoms with Crippen LogP contribution in [0.1, 0.15) is 26.5 Å². The monoisotopic (exact) mass is 294 g/mol. The molecule has 3 N–H and O–H groups in total. The lowest BCUT2D eigenvalue weighted by molar-refractivity contribution is 0.259. The van der Waals surface area contributed by atoms with Crippen LogP contribution in [0.25, 0.3) is 5.69 Å². The molecule has 2 rings (SSSR count). The van der Waals surface area contributed by atoms with E-state index in [-0.39, 0.29) is 17.8 Å². The van der Waals surface area contributed by atoms with Crippen molar-refractivity contribution in [3.63, 3.8) is 0 Å². The number of urea groups is 1. The fourth-order valence-corrected chi connectivity index (χ4v) is 1.73. The third kappa shape index (κ3) is 3.51. The van der Waals surface area contributed by atoms with Crippen LogP contribution in [0.15, 0.2) is 36.4 Å². The standard InChI is InChI=1S/C14H18N4O.ClH/c1-14(2,3)11-9-12(16-13(15)19)18(17-11)10-7-5-4-6-8-10;/h4-9H,1-3H3,(H3,15,16,19);1H. The van der Waals surface area contributed by atoms with Crippen molar-refractivity contribution in [2.24, 2.45) is 5.73 Å². The molecular weight excluding hydrogens is 276 g/mol. The third-order valence-electron chi connectivity index (χ3n) is 2.73. The first-order valence-corrected chi connectivity index (χ1v) is 6.10. The van der Waals surface area contributed by atoms with E-state index in [4.69, 9.17) is 5.73 Å². The Balaban J connectivity index is 0.00000200. The maximum absolute atomic E-state index is 11.1. The van der Waals surface area contributed by atoms with Crippen LogP contribution in [0.5, 0.6) is 0 Å². The van der Waals surface area contributed by atoms with Crippen LogP contribution in [-0.4, -0.2) is 15.8 Å². The number of rotatable bonds is 2. The summed E-state index contributed by atoms with van der Waals surface area (Å²) in [4.78, 5) is 11.1. The number of carbonyl (C=O) groups is 1. The van der Waals surface area contributed by atoms with Crippen molar-refractivity contribution in [1.29, 1.82) is 0 Å². The summed E-state index contributed by atoms with van der Waals surface area (Å²) >= 11 is 0. The Kier molecular flexibility index (Phi) is 4.78. The number of carbonyl (C=O) groups excluding carboxylic acids is 1. The van der Waals surface area contributed by atoms with Crippen molar-refractivity contribution in [3.05, 3.63) is 42.1 Å². The van der Waals surface area contributed by atoms with Crippen LogP contribution in [0, 0.1) is 0 Å². The molecule has 5 nitrogen and oxygen atoms in total. The summed E-state index contributed by atoms with van der Waals surface area (Å²) in [6.07, 6.45) is 0. The molecule has 1 heterocycles. The Bertz CT molecular complexity index is 587. The number of benzene rings is 1. The van der Waals surface area contributed by atoms with Gasteiger partial charge in [0.05, 0.1) is 11.4 Å². The molecule has 1 aromatic heterocycles. The number of hydrogen-bond acceptors (Lipinski definition) is 2. The first kappa shape index (κ1) is 16.0. The van der Waals surface area contributed by atoms with E-state index >= 15 is 0 Å². The van der Waals surface area contributed by atoms with Crippen molar-refractivity contribution in [3.8, 4) is 5.69 Å². The van der Waals surface area contributed by atoms with Gasteiger partial charge in [0.1, 0.15) is 5.82 Å². The van der Waals surface area contributed by atoms with Gasteiger partial charge in [-0.05, 0) is 12.1 Å². The van der Waals surface area contributed by atoms with Gasteiger partial charge in [-0.1, -0.05) is 39.0 Å². The minimum atomic E-state index is -0.599. The largest absolute Gasteiger partial charge is 0.351 e. The number of amides is 2. The average Bonchev–Trinajstić information content (AvgIpc) is 2.73. The molecule has 2 aromatic rings. The van der Waals surface area contributed by atoms with Crippen LogP contribution in [-0.2, 0) is 5.41 Å². The van der Waals surface area contributed by atoms with Gasteiger partial charge in [0.15, 0.2) is 0 Å². The Morgan fingerprint density at radius 3 is 2.35 bits per heavy atom. The van der Waals surface area contributed by atoms with Crippen LogP contribution in [0.2, 0.25) is 0 Å². The molecule has 6 heteroatoms. The number of nitrogens with zero attached hydrogens (tertiary/aromatic N) is 2. The molecule has 0 fully saturated rings. The number of halogens is 1. The molecule has 108 valence electrons. The second kappa shape index (κ2) is 5.96. The molecule has 0 aliphatic rings. The predicted octanol–water partition coefficient (Wildman–Crippen LogP) is 3.08. The van der Waals surface area contributed by atoms with E-state index in [9.17, 15) is 4.79 Å². The summed E-state index contributed by atoms with van der Waals surface area (Å²) in [5.74, 6) is 0.573. The zero-order chi connectivity index (χ0) is 14.0. The quantitative estimate of drug-likeness (QED) is 0.893. The van der Waals surface area contributed by atoms with E-state index in [1.54, 1.807) is 4.68 Å². The molecule has 0 aliphatic heterocycles. The minimum absolute atomic E-state index is 0. The first-order chi connectivity index (χ1) is 8.88. The Morgan fingerprint density at radius 1 is 1.25 bits per heavy atom. The summed E-state index contributed by atoms with van der Waals surface area (Å²) in [6.45, 7) is 6.20. The molecule has 0 radical (unpaired) electrons. The number of aromatic nitrogens is 2. The molecule has 0 spiro atoms. The Morgan fingerprint density at radius 2 is 1.85 bits per heavy atom. The number of nitrogens with one attached hydrogen (secondary N) is 1. The smallest absolute Gasteiger partial charge is 0.317 e. The molecule has 0 saturated carbocycles. The van der Waals surface area contributed by atoms with E-state index in [0.29, 0.717) is 5.82 Å². The molecule has 0 atom stereocenters. The van der Waals surface area contributed by atoms with Gasteiger partial charge < -0.3 is 5.73 Å². The van der Waals surface area contributed by atoms with Gasteiger partial charge in [-0.3, -0.25) is 5.32 Å². The second-order valence-corrected chi connectivity index (χ2v) is 5.40. The maximum atomic E-state index is 11.1. The van der Waals surface area contributed by atoms with Crippen molar-refractivity contribution in [2.45, 2.75) is 26.2 Å². The molecule has 0 bridgehead atoms. The highest BCUT2D eigenvalue weighted by atomic mass is 35.5. The number of hydrogen-bond donors (Lipinski definition) is 2. The lowest BCUT2D eigenvalue weighted by Crippen LogP contribution is -2.21. The Labute approximate surface area is 124 Å². The molecule has 0 saturated heterocycles. The average molecular weight is 295 g/mol. The van der Waals surface area contributed by atoms with Gasteiger partial charge in [0, 0.05) is 11.5 Å². The number of anilines is 1. The van der Waals surface area contributed by atoms with Crippen molar-refractivity contribution in [1.82, 2.24) is 9.78 Å². The summed E-state index contributed by atoms with van der Waals surface area (Å²) in [6, 6.07) is 10.9. The summed E-state index contributed by atoms with van der Waals surface area (Å²) < 4.78 is 1.69. The zero-order valence-electron chi connectivity index (χ0n) is 11.8. The number of nitrogens with two attached hydrogens (primary N) is 1. The highest BCUT2D eigenvalue weighted by Gasteiger charge is 2.20. The van der Waals surface area contributed by atoms with E-state index in [1.807, 2.05) is 36.4 Å².